The van der Waals surface area contributed by atoms with Gasteiger partial charge in [-0.05, 0) is 24.3 Å². The van der Waals surface area contributed by atoms with Crippen molar-refractivity contribution in [2.24, 2.45) is 0 Å². The highest BCUT2D eigenvalue weighted by Crippen LogP contribution is 2.39. The fourth-order valence-electron chi connectivity index (χ4n) is 2.57. The van der Waals surface area contributed by atoms with Gasteiger partial charge < -0.3 is 9.80 Å². The second-order valence-corrected chi connectivity index (χ2v) is 6.96. The predicted molar refractivity (Wildman–Crippen MR) is 87.6 cm³/mol. The molecule has 1 aliphatic heterocycles. The molecule has 128 valence electrons. The Morgan fingerprint density at radius 3 is 2.17 bits per heavy atom. The summed E-state index contributed by atoms with van der Waals surface area (Å²) >= 11 is 0. The van der Waals surface area contributed by atoms with Crippen molar-refractivity contribution in [3.05, 3.63) is 41.7 Å². The number of halogens is 3. The van der Waals surface area contributed by atoms with Crippen LogP contribution in [0.1, 0.15) is 32.0 Å². The molecule has 0 spiro atoms. The minimum atomic E-state index is -4.34. The lowest BCUT2D eigenvalue weighted by molar-refractivity contribution is -0.137. The van der Waals surface area contributed by atoms with E-state index in [1.165, 1.54) is 12.1 Å². The number of rotatable bonds is 1. The average Bonchev–Trinajstić information content (AvgIpc) is 2.82. The van der Waals surface area contributed by atoms with Crippen LogP contribution in [0.3, 0.4) is 0 Å². The van der Waals surface area contributed by atoms with Crippen LogP contribution in [0.5, 0.6) is 0 Å². The fourth-order valence-corrected chi connectivity index (χ4v) is 2.57. The number of hydrogen-bond donors (Lipinski definition) is 0. The molecule has 3 rings (SSSR count). The minimum Gasteiger partial charge on any atom is -0.338 e. The minimum absolute atomic E-state index is 0.158. The summed E-state index contributed by atoms with van der Waals surface area (Å²) in [5, 5.41) is 0. The van der Waals surface area contributed by atoms with Gasteiger partial charge in [0.15, 0.2) is 11.6 Å². The Labute approximate surface area is 138 Å². The summed E-state index contributed by atoms with van der Waals surface area (Å²) < 4.78 is 38.2. The van der Waals surface area contributed by atoms with Gasteiger partial charge >= 0.3 is 6.18 Å². The number of hydrogen-bond acceptors (Lipinski definition) is 4. The number of nitrogens with zero attached hydrogens (tertiary/aromatic N) is 4. The molecule has 0 N–H and O–H groups in total. The van der Waals surface area contributed by atoms with Gasteiger partial charge in [0.1, 0.15) is 0 Å². The van der Waals surface area contributed by atoms with E-state index < -0.39 is 11.7 Å². The van der Waals surface area contributed by atoms with Crippen molar-refractivity contribution >= 4 is 17.3 Å². The highest BCUT2D eigenvalue weighted by molar-refractivity contribution is 5.76. The highest BCUT2D eigenvalue weighted by atomic mass is 19.4. The molecule has 0 bridgehead atoms. The van der Waals surface area contributed by atoms with Crippen molar-refractivity contribution in [2.45, 2.75) is 32.4 Å². The molecule has 2 heterocycles. The molecule has 1 aromatic carbocycles. The van der Waals surface area contributed by atoms with Crippen LogP contribution in [0.2, 0.25) is 0 Å². The van der Waals surface area contributed by atoms with Crippen LogP contribution in [0, 0.1) is 0 Å². The maximum absolute atomic E-state index is 12.7. The van der Waals surface area contributed by atoms with Crippen LogP contribution in [0.15, 0.2) is 30.5 Å². The molecule has 0 atom stereocenters. The quantitative estimate of drug-likeness (QED) is 0.775. The van der Waals surface area contributed by atoms with Crippen molar-refractivity contribution in [2.75, 3.05) is 23.5 Å². The third-order valence-electron chi connectivity index (χ3n) is 3.98. The van der Waals surface area contributed by atoms with E-state index in [1.54, 1.807) is 6.20 Å². The summed E-state index contributed by atoms with van der Waals surface area (Å²) in [4.78, 5) is 13.0. The second kappa shape index (κ2) is 5.36. The maximum Gasteiger partial charge on any atom is 0.416 e. The van der Waals surface area contributed by atoms with Crippen LogP contribution in [0.25, 0.3) is 0 Å². The van der Waals surface area contributed by atoms with Crippen molar-refractivity contribution in [3.63, 3.8) is 0 Å². The van der Waals surface area contributed by atoms with E-state index in [1.807, 2.05) is 37.6 Å². The summed E-state index contributed by atoms with van der Waals surface area (Å²) in [6.45, 7) is 6.63. The van der Waals surface area contributed by atoms with Gasteiger partial charge in [0.25, 0.3) is 0 Å². The van der Waals surface area contributed by atoms with E-state index in [9.17, 15) is 13.2 Å². The molecular weight excluding hydrogens is 317 g/mol. The first-order valence-corrected chi connectivity index (χ1v) is 7.61. The molecule has 24 heavy (non-hydrogen) atoms. The third-order valence-corrected chi connectivity index (χ3v) is 3.98. The SMILES string of the molecule is CN1CN(c2ccc(C(F)(F)F)cc2)c2nc(C(C)(C)C)cnc21. The molecule has 2 aromatic rings. The Hall–Kier alpha value is -2.31. The van der Waals surface area contributed by atoms with Crippen LogP contribution in [0.4, 0.5) is 30.5 Å². The number of alkyl halides is 3. The van der Waals surface area contributed by atoms with Crippen LogP contribution < -0.4 is 9.80 Å². The molecule has 0 radical (unpaired) electrons. The zero-order chi connectivity index (χ0) is 17.7. The first-order chi connectivity index (χ1) is 11.1. The van der Waals surface area contributed by atoms with E-state index >= 15 is 0 Å². The molecule has 4 nitrogen and oxygen atoms in total. The van der Waals surface area contributed by atoms with Crippen LogP contribution in [-0.4, -0.2) is 23.7 Å². The van der Waals surface area contributed by atoms with E-state index in [4.69, 9.17) is 4.98 Å². The monoisotopic (exact) mass is 336 g/mol. The second-order valence-electron chi connectivity index (χ2n) is 6.96. The number of anilines is 3. The summed E-state index contributed by atoms with van der Waals surface area (Å²) in [6.07, 6.45) is -2.58. The van der Waals surface area contributed by atoms with E-state index in [0.717, 1.165) is 23.6 Å². The molecule has 1 aliphatic rings. The summed E-state index contributed by atoms with van der Waals surface area (Å²) in [6, 6.07) is 5.12. The van der Waals surface area contributed by atoms with Gasteiger partial charge in [0.2, 0.25) is 0 Å². The molecule has 0 aliphatic carbocycles. The molecule has 0 unspecified atom stereocenters. The Balaban J connectivity index is 2.00. The van der Waals surface area contributed by atoms with Gasteiger partial charge in [0.05, 0.1) is 24.1 Å². The Morgan fingerprint density at radius 2 is 1.62 bits per heavy atom. The van der Waals surface area contributed by atoms with Gasteiger partial charge in [-0.15, -0.1) is 0 Å². The first kappa shape index (κ1) is 16.5. The third kappa shape index (κ3) is 2.90. The van der Waals surface area contributed by atoms with Gasteiger partial charge in [-0.2, -0.15) is 13.2 Å². The molecule has 0 fully saturated rings. The van der Waals surface area contributed by atoms with Crippen molar-refractivity contribution < 1.29 is 13.2 Å². The van der Waals surface area contributed by atoms with Crippen LogP contribution in [-0.2, 0) is 11.6 Å². The Kier molecular flexibility index (Phi) is 3.69. The lowest BCUT2D eigenvalue weighted by Crippen LogP contribution is -2.24. The zero-order valence-corrected chi connectivity index (χ0v) is 14.0. The lowest BCUT2D eigenvalue weighted by Gasteiger charge is -2.21. The predicted octanol–water partition coefficient (Wildman–Crippen LogP) is 4.34. The normalized spacial score (nSPS) is 15.0. The molecule has 0 amide bonds. The topological polar surface area (TPSA) is 32.3 Å². The standard InChI is InChI=1S/C17H19F3N4/c1-16(2,3)13-9-21-14-15(22-13)24(10-23(14)4)12-7-5-11(6-8-12)17(18,19)20/h5-9H,10H2,1-4H3. The number of fused-ring (bicyclic) bond motifs is 1. The molecule has 7 heteroatoms. The van der Waals surface area contributed by atoms with Gasteiger partial charge in [0, 0.05) is 18.2 Å². The Morgan fingerprint density at radius 1 is 1.00 bits per heavy atom. The summed E-state index contributed by atoms with van der Waals surface area (Å²) in [5.41, 5.74) is 0.686. The van der Waals surface area contributed by atoms with Gasteiger partial charge in [-0.3, -0.25) is 0 Å². The summed E-state index contributed by atoms with van der Waals surface area (Å²) in [7, 11) is 1.88. The molecule has 1 aromatic heterocycles. The number of benzene rings is 1. The van der Waals surface area contributed by atoms with E-state index in [2.05, 4.69) is 4.98 Å². The van der Waals surface area contributed by atoms with Gasteiger partial charge in [-0.25, -0.2) is 9.97 Å². The molecular formula is C17H19F3N4. The lowest BCUT2D eigenvalue weighted by atomic mass is 9.93. The first-order valence-electron chi connectivity index (χ1n) is 7.61. The zero-order valence-electron chi connectivity index (χ0n) is 14.0. The van der Waals surface area contributed by atoms with Gasteiger partial charge in [-0.1, -0.05) is 20.8 Å². The molecule has 0 saturated carbocycles. The molecule has 0 saturated heterocycles. The Bertz CT molecular complexity index is 748. The van der Waals surface area contributed by atoms with E-state index in [-0.39, 0.29) is 5.41 Å². The van der Waals surface area contributed by atoms with Crippen molar-refractivity contribution in [1.82, 2.24) is 9.97 Å². The van der Waals surface area contributed by atoms with E-state index in [0.29, 0.717) is 18.2 Å². The number of aromatic nitrogens is 2. The van der Waals surface area contributed by atoms with Crippen molar-refractivity contribution in [3.8, 4) is 0 Å². The fraction of sp³-hybridized carbons (Fsp3) is 0.412. The van der Waals surface area contributed by atoms with Crippen molar-refractivity contribution in [1.29, 1.82) is 0 Å². The largest absolute Gasteiger partial charge is 0.416 e. The smallest absolute Gasteiger partial charge is 0.338 e. The van der Waals surface area contributed by atoms with Crippen LogP contribution >= 0.6 is 0 Å². The maximum atomic E-state index is 12.7. The summed E-state index contributed by atoms with van der Waals surface area (Å²) in [5.74, 6) is 1.40. The highest BCUT2D eigenvalue weighted by Gasteiger charge is 2.32. The average molecular weight is 336 g/mol.